The molecule has 1 aromatic carbocycles. The highest BCUT2D eigenvalue weighted by molar-refractivity contribution is 5.68. The molecule has 0 saturated heterocycles. The van der Waals surface area contributed by atoms with Crippen molar-refractivity contribution in [3.8, 4) is 0 Å². The van der Waals surface area contributed by atoms with Crippen LogP contribution in [-0.4, -0.2) is 12.1 Å². The fraction of sp³-hybridized carbons (Fsp3) is 0.235. The predicted octanol–water partition coefficient (Wildman–Crippen LogP) is 4.34. The Balaban J connectivity index is 2.45. The molecule has 4 nitrogen and oxygen atoms in total. The van der Waals surface area contributed by atoms with E-state index in [1.165, 1.54) is 11.1 Å². The Kier molecular flexibility index (Phi) is 4.60. The standard InChI is InChI=1S/C17H21N3O/c1-12(2)20(16-7-6-13(3)14(4)10-16)17-11-15(19-21-5)8-9-18-17/h6-11H,1H2,2-5H3,(H,18,19). The van der Waals surface area contributed by atoms with Crippen LogP contribution in [0.2, 0.25) is 0 Å². The van der Waals surface area contributed by atoms with Gasteiger partial charge in [-0.2, -0.15) is 0 Å². The molecular weight excluding hydrogens is 262 g/mol. The molecule has 4 heteroatoms. The first-order valence-electron chi connectivity index (χ1n) is 6.81. The molecule has 0 amide bonds. The van der Waals surface area contributed by atoms with Gasteiger partial charge in [-0.1, -0.05) is 12.6 Å². The van der Waals surface area contributed by atoms with Crippen molar-refractivity contribution in [2.75, 3.05) is 17.5 Å². The van der Waals surface area contributed by atoms with Gasteiger partial charge in [0, 0.05) is 23.6 Å². The van der Waals surface area contributed by atoms with Crippen molar-refractivity contribution in [2.24, 2.45) is 0 Å². The monoisotopic (exact) mass is 283 g/mol. The maximum absolute atomic E-state index is 4.94. The van der Waals surface area contributed by atoms with Gasteiger partial charge in [0.2, 0.25) is 0 Å². The number of nitrogens with one attached hydrogen (secondary N) is 1. The number of aromatic nitrogens is 1. The molecule has 0 aliphatic carbocycles. The van der Waals surface area contributed by atoms with Gasteiger partial charge >= 0.3 is 0 Å². The zero-order valence-corrected chi connectivity index (χ0v) is 13.0. The molecule has 0 aliphatic heterocycles. The Morgan fingerprint density at radius 1 is 1.19 bits per heavy atom. The lowest BCUT2D eigenvalue weighted by atomic mass is 10.1. The summed E-state index contributed by atoms with van der Waals surface area (Å²) in [6, 6.07) is 10.1. The number of rotatable bonds is 5. The second-order valence-corrected chi connectivity index (χ2v) is 5.05. The number of aryl methyl sites for hydroxylation is 2. The molecule has 1 N–H and O–H groups in total. The van der Waals surface area contributed by atoms with Gasteiger partial charge in [-0.25, -0.2) is 4.98 Å². The minimum atomic E-state index is 0.799. The van der Waals surface area contributed by atoms with Crippen LogP contribution in [0, 0.1) is 13.8 Å². The van der Waals surface area contributed by atoms with Crippen LogP contribution in [0.1, 0.15) is 18.1 Å². The molecule has 110 valence electrons. The molecule has 0 fully saturated rings. The summed E-state index contributed by atoms with van der Waals surface area (Å²) < 4.78 is 0. The van der Waals surface area contributed by atoms with Crippen LogP contribution >= 0.6 is 0 Å². The third-order valence-electron chi connectivity index (χ3n) is 3.32. The smallest absolute Gasteiger partial charge is 0.139 e. The van der Waals surface area contributed by atoms with Gasteiger partial charge in [0.05, 0.1) is 12.8 Å². The quantitative estimate of drug-likeness (QED) is 0.828. The number of hydrogen-bond acceptors (Lipinski definition) is 4. The van der Waals surface area contributed by atoms with Crippen molar-refractivity contribution in [1.82, 2.24) is 4.98 Å². The number of hydrogen-bond donors (Lipinski definition) is 1. The van der Waals surface area contributed by atoms with E-state index in [0.717, 1.165) is 22.9 Å². The van der Waals surface area contributed by atoms with E-state index in [-0.39, 0.29) is 0 Å². The van der Waals surface area contributed by atoms with Crippen LogP contribution in [0.15, 0.2) is 48.8 Å². The average molecular weight is 283 g/mol. The molecule has 0 bridgehead atoms. The minimum absolute atomic E-state index is 0.799. The predicted molar refractivity (Wildman–Crippen MR) is 87.7 cm³/mol. The van der Waals surface area contributed by atoms with Crippen LogP contribution < -0.4 is 10.4 Å². The lowest BCUT2D eigenvalue weighted by Gasteiger charge is -2.25. The minimum Gasteiger partial charge on any atom is -0.300 e. The molecule has 0 spiro atoms. The Labute approximate surface area is 126 Å². The molecule has 0 saturated carbocycles. The summed E-state index contributed by atoms with van der Waals surface area (Å²) in [5.41, 5.74) is 8.12. The second kappa shape index (κ2) is 6.41. The van der Waals surface area contributed by atoms with Crippen LogP contribution in [0.25, 0.3) is 0 Å². The zero-order chi connectivity index (χ0) is 15.4. The largest absolute Gasteiger partial charge is 0.300 e. The molecule has 1 heterocycles. The molecule has 1 aromatic heterocycles. The zero-order valence-electron chi connectivity index (χ0n) is 13.0. The number of pyridine rings is 1. The van der Waals surface area contributed by atoms with Gasteiger partial charge in [-0.05, 0) is 50.1 Å². The van der Waals surface area contributed by atoms with E-state index in [0.29, 0.717) is 0 Å². The highest BCUT2D eigenvalue weighted by Crippen LogP contribution is 2.30. The van der Waals surface area contributed by atoms with Gasteiger partial charge in [0.1, 0.15) is 5.82 Å². The van der Waals surface area contributed by atoms with Crippen molar-refractivity contribution in [1.29, 1.82) is 0 Å². The van der Waals surface area contributed by atoms with Gasteiger partial charge in [0.25, 0.3) is 0 Å². The van der Waals surface area contributed by atoms with E-state index in [9.17, 15) is 0 Å². The first-order chi connectivity index (χ1) is 10.0. The first kappa shape index (κ1) is 15.1. The van der Waals surface area contributed by atoms with Crippen LogP contribution in [-0.2, 0) is 4.84 Å². The number of nitrogens with zero attached hydrogens (tertiary/aromatic N) is 2. The molecule has 2 rings (SSSR count). The second-order valence-electron chi connectivity index (χ2n) is 5.05. The molecule has 0 atom stereocenters. The fourth-order valence-corrected chi connectivity index (χ4v) is 2.13. The van der Waals surface area contributed by atoms with Crippen LogP contribution in [0.3, 0.4) is 0 Å². The number of anilines is 3. The highest BCUT2D eigenvalue weighted by atomic mass is 16.6. The highest BCUT2D eigenvalue weighted by Gasteiger charge is 2.13. The average Bonchev–Trinajstić information content (AvgIpc) is 2.43. The Bertz CT molecular complexity index is 652. The summed E-state index contributed by atoms with van der Waals surface area (Å²) in [6.07, 6.45) is 1.74. The summed E-state index contributed by atoms with van der Waals surface area (Å²) in [6.45, 7) is 10.2. The Morgan fingerprint density at radius 3 is 2.57 bits per heavy atom. The van der Waals surface area contributed by atoms with Crippen molar-refractivity contribution < 1.29 is 4.84 Å². The molecule has 0 aliphatic rings. The van der Waals surface area contributed by atoms with Gasteiger partial charge in [-0.15, -0.1) is 0 Å². The summed E-state index contributed by atoms with van der Waals surface area (Å²) in [5.74, 6) is 0.799. The van der Waals surface area contributed by atoms with Gasteiger partial charge in [-0.3, -0.25) is 15.2 Å². The van der Waals surface area contributed by atoms with Crippen molar-refractivity contribution in [2.45, 2.75) is 20.8 Å². The number of allylic oxidation sites excluding steroid dienone is 1. The fourth-order valence-electron chi connectivity index (χ4n) is 2.13. The van der Waals surface area contributed by atoms with E-state index in [1.54, 1.807) is 13.3 Å². The molecule has 0 radical (unpaired) electrons. The maximum Gasteiger partial charge on any atom is 0.139 e. The summed E-state index contributed by atoms with van der Waals surface area (Å²) in [4.78, 5) is 11.4. The van der Waals surface area contributed by atoms with Crippen molar-refractivity contribution >= 4 is 17.2 Å². The van der Waals surface area contributed by atoms with E-state index < -0.39 is 0 Å². The van der Waals surface area contributed by atoms with Crippen molar-refractivity contribution in [3.63, 3.8) is 0 Å². The molecule has 0 unspecified atom stereocenters. The maximum atomic E-state index is 4.94. The molecule has 2 aromatic rings. The lowest BCUT2D eigenvalue weighted by Crippen LogP contribution is -2.15. The third kappa shape index (κ3) is 3.41. The normalized spacial score (nSPS) is 10.3. The first-order valence-corrected chi connectivity index (χ1v) is 6.81. The van der Waals surface area contributed by atoms with Crippen molar-refractivity contribution in [3.05, 3.63) is 59.9 Å². The van der Waals surface area contributed by atoms with Crippen LogP contribution in [0.5, 0.6) is 0 Å². The van der Waals surface area contributed by atoms with Gasteiger partial charge < -0.3 is 0 Å². The SMILES string of the molecule is C=C(C)N(c1ccc(C)c(C)c1)c1cc(NOC)ccn1. The number of benzene rings is 1. The summed E-state index contributed by atoms with van der Waals surface area (Å²) in [5, 5.41) is 0. The summed E-state index contributed by atoms with van der Waals surface area (Å²) in [7, 11) is 1.58. The van der Waals surface area contributed by atoms with Gasteiger partial charge in [0.15, 0.2) is 0 Å². The van der Waals surface area contributed by atoms with Crippen LogP contribution in [0.4, 0.5) is 17.2 Å². The molecular formula is C17H21N3O. The Hall–Kier alpha value is -2.33. The van der Waals surface area contributed by atoms with E-state index in [2.05, 4.69) is 49.1 Å². The Morgan fingerprint density at radius 2 is 1.95 bits per heavy atom. The van der Waals surface area contributed by atoms with E-state index in [1.807, 2.05) is 24.0 Å². The third-order valence-corrected chi connectivity index (χ3v) is 3.32. The topological polar surface area (TPSA) is 37.4 Å². The summed E-state index contributed by atoms with van der Waals surface area (Å²) >= 11 is 0. The lowest BCUT2D eigenvalue weighted by molar-refractivity contribution is 0.271. The van der Waals surface area contributed by atoms with E-state index >= 15 is 0 Å². The molecule has 21 heavy (non-hydrogen) atoms. The van der Waals surface area contributed by atoms with E-state index in [4.69, 9.17) is 4.84 Å².